The summed E-state index contributed by atoms with van der Waals surface area (Å²) in [7, 11) is 0. The zero-order valence-electron chi connectivity index (χ0n) is 14.8. The van der Waals surface area contributed by atoms with Crippen LogP contribution in [0.4, 0.5) is 0 Å². The number of rotatable bonds is 7. The van der Waals surface area contributed by atoms with Gasteiger partial charge in [0, 0.05) is 29.2 Å². The van der Waals surface area contributed by atoms with Crippen LogP contribution in [0.25, 0.3) is 0 Å². The van der Waals surface area contributed by atoms with E-state index in [-0.39, 0.29) is 36.1 Å². The lowest BCUT2D eigenvalue weighted by Crippen LogP contribution is -2.35. The van der Waals surface area contributed by atoms with Crippen LogP contribution in [0.5, 0.6) is 0 Å². The molecule has 0 bridgehead atoms. The molecule has 0 saturated carbocycles. The van der Waals surface area contributed by atoms with E-state index in [1.54, 1.807) is 60.7 Å². The summed E-state index contributed by atoms with van der Waals surface area (Å²) in [4.78, 5) is 37.0. The van der Waals surface area contributed by atoms with Gasteiger partial charge in [-0.3, -0.25) is 14.4 Å². The molecule has 3 rings (SSSR count). The van der Waals surface area contributed by atoms with Crippen LogP contribution >= 0.6 is 11.6 Å². The van der Waals surface area contributed by atoms with Crippen LogP contribution in [0.3, 0.4) is 0 Å². The zero-order valence-corrected chi connectivity index (χ0v) is 15.5. The third-order valence-corrected chi connectivity index (χ3v) is 4.22. The second-order valence-electron chi connectivity index (χ2n) is 5.87. The molecule has 1 heterocycles. The molecule has 0 aliphatic heterocycles. The number of benzene rings is 2. The molecule has 6 nitrogen and oxygen atoms in total. The average molecular weight is 397 g/mol. The molecule has 2 N–H and O–H groups in total. The monoisotopic (exact) mass is 396 g/mol. The van der Waals surface area contributed by atoms with E-state index < -0.39 is 5.91 Å². The van der Waals surface area contributed by atoms with Gasteiger partial charge < -0.3 is 15.1 Å². The first-order chi connectivity index (χ1) is 13.6. The van der Waals surface area contributed by atoms with Crippen LogP contribution in [0.2, 0.25) is 5.02 Å². The van der Waals surface area contributed by atoms with Crippen molar-refractivity contribution in [1.29, 1.82) is 0 Å². The molecule has 2 aromatic carbocycles. The first kappa shape index (κ1) is 19.4. The van der Waals surface area contributed by atoms with Crippen molar-refractivity contribution >= 4 is 29.2 Å². The van der Waals surface area contributed by atoms with Crippen molar-refractivity contribution in [2.45, 2.75) is 0 Å². The van der Waals surface area contributed by atoms with Crippen molar-refractivity contribution in [3.05, 3.63) is 94.4 Å². The first-order valence-electron chi connectivity index (χ1n) is 8.55. The fourth-order valence-electron chi connectivity index (χ4n) is 2.58. The molecule has 0 radical (unpaired) electrons. The highest BCUT2D eigenvalue weighted by Gasteiger charge is 2.18. The molecule has 28 heavy (non-hydrogen) atoms. The standard InChI is InChI=1S/C21H17ClN2O4/c22-15-9-7-14(8-10-15)19(25)16-4-1-2-5-17(16)20(26)23-11-12-24-21(27)18-6-3-13-28-18/h1-10,13H,11-12H2,(H,23,26)(H,24,27). The summed E-state index contributed by atoms with van der Waals surface area (Å²) in [6, 6.07) is 16.2. The molecular weight excluding hydrogens is 380 g/mol. The van der Waals surface area contributed by atoms with Crippen LogP contribution in [0, 0.1) is 0 Å². The Hall–Kier alpha value is -3.38. The average Bonchev–Trinajstić information content (AvgIpc) is 3.26. The number of ketones is 1. The summed E-state index contributed by atoms with van der Waals surface area (Å²) in [6.45, 7) is 0.424. The lowest BCUT2D eigenvalue weighted by molar-refractivity contribution is 0.0909. The van der Waals surface area contributed by atoms with Crippen molar-refractivity contribution in [3.8, 4) is 0 Å². The Balaban J connectivity index is 1.62. The van der Waals surface area contributed by atoms with Gasteiger partial charge in [-0.15, -0.1) is 0 Å². The molecule has 0 atom stereocenters. The molecule has 0 fully saturated rings. The van der Waals surface area contributed by atoms with E-state index >= 15 is 0 Å². The summed E-state index contributed by atoms with van der Waals surface area (Å²) in [5, 5.41) is 5.86. The minimum Gasteiger partial charge on any atom is -0.459 e. The van der Waals surface area contributed by atoms with Crippen molar-refractivity contribution in [2.75, 3.05) is 13.1 Å². The fraction of sp³-hybridized carbons (Fsp3) is 0.0952. The molecule has 0 saturated heterocycles. The van der Waals surface area contributed by atoms with E-state index in [0.29, 0.717) is 16.1 Å². The smallest absolute Gasteiger partial charge is 0.287 e. The highest BCUT2D eigenvalue weighted by molar-refractivity contribution is 6.30. The van der Waals surface area contributed by atoms with Gasteiger partial charge in [-0.2, -0.15) is 0 Å². The third kappa shape index (κ3) is 4.66. The molecule has 0 aliphatic rings. The number of halogens is 1. The van der Waals surface area contributed by atoms with Gasteiger partial charge in [-0.25, -0.2) is 0 Å². The van der Waals surface area contributed by atoms with E-state index in [1.165, 1.54) is 6.26 Å². The van der Waals surface area contributed by atoms with Crippen LogP contribution in [-0.2, 0) is 0 Å². The molecule has 7 heteroatoms. The first-order valence-corrected chi connectivity index (χ1v) is 8.93. The maximum atomic E-state index is 12.7. The fourth-order valence-corrected chi connectivity index (χ4v) is 2.70. The van der Waals surface area contributed by atoms with Gasteiger partial charge in [0.2, 0.25) is 0 Å². The van der Waals surface area contributed by atoms with Gasteiger partial charge in [0.1, 0.15) is 0 Å². The number of carbonyl (C=O) groups is 3. The van der Waals surface area contributed by atoms with Gasteiger partial charge in [-0.05, 0) is 42.5 Å². The topological polar surface area (TPSA) is 88.4 Å². The highest BCUT2D eigenvalue weighted by atomic mass is 35.5. The second kappa shape index (κ2) is 9.01. The number of carbonyl (C=O) groups excluding carboxylic acids is 3. The second-order valence-corrected chi connectivity index (χ2v) is 6.31. The van der Waals surface area contributed by atoms with Crippen LogP contribution in [-0.4, -0.2) is 30.7 Å². The Morgan fingerprint density at radius 2 is 1.43 bits per heavy atom. The van der Waals surface area contributed by atoms with Crippen LogP contribution < -0.4 is 10.6 Å². The van der Waals surface area contributed by atoms with E-state index in [1.807, 2.05) is 0 Å². The summed E-state index contributed by atoms with van der Waals surface area (Å²) in [5.41, 5.74) is 0.997. The minimum atomic E-state index is -0.398. The summed E-state index contributed by atoms with van der Waals surface area (Å²) < 4.78 is 4.99. The van der Waals surface area contributed by atoms with E-state index in [9.17, 15) is 14.4 Å². The zero-order chi connectivity index (χ0) is 19.9. The van der Waals surface area contributed by atoms with Gasteiger partial charge in [0.15, 0.2) is 11.5 Å². The normalized spacial score (nSPS) is 10.3. The molecule has 0 unspecified atom stereocenters. The van der Waals surface area contributed by atoms with Crippen molar-refractivity contribution in [3.63, 3.8) is 0 Å². The predicted molar refractivity (Wildman–Crippen MR) is 105 cm³/mol. The summed E-state index contributed by atoms with van der Waals surface area (Å²) >= 11 is 5.86. The Labute approximate surface area is 166 Å². The highest BCUT2D eigenvalue weighted by Crippen LogP contribution is 2.17. The Bertz CT molecular complexity index is 982. The Morgan fingerprint density at radius 1 is 0.786 bits per heavy atom. The Kier molecular flexibility index (Phi) is 6.24. The molecular formula is C21H17ClN2O4. The van der Waals surface area contributed by atoms with Gasteiger partial charge in [-0.1, -0.05) is 29.8 Å². The number of nitrogens with one attached hydrogen (secondary N) is 2. The van der Waals surface area contributed by atoms with Crippen molar-refractivity contribution < 1.29 is 18.8 Å². The van der Waals surface area contributed by atoms with Gasteiger partial charge in [0.05, 0.1) is 11.8 Å². The summed E-state index contributed by atoms with van der Waals surface area (Å²) in [6.07, 6.45) is 1.41. The maximum Gasteiger partial charge on any atom is 0.287 e. The molecule has 0 aliphatic carbocycles. The van der Waals surface area contributed by atoms with Crippen molar-refractivity contribution in [2.24, 2.45) is 0 Å². The summed E-state index contributed by atoms with van der Waals surface area (Å²) in [5.74, 6) is -0.832. The molecule has 3 aromatic rings. The van der Waals surface area contributed by atoms with Crippen LogP contribution in [0.15, 0.2) is 71.3 Å². The number of hydrogen-bond donors (Lipinski definition) is 2. The third-order valence-electron chi connectivity index (χ3n) is 3.96. The van der Waals surface area contributed by atoms with Crippen LogP contribution in [0.1, 0.15) is 36.8 Å². The number of amides is 2. The lowest BCUT2D eigenvalue weighted by Gasteiger charge is -2.10. The number of furan rings is 1. The predicted octanol–water partition coefficient (Wildman–Crippen LogP) is 3.32. The molecule has 1 aromatic heterocycles. The quantitative estimate of drug-likeness (QED) is 0.473. The van der Waals surface area contributed by atoms with E-state index in [0.717, 1.165) is 0 Å². The molecule has 2 amide bonds. The van der Waals surface area contributed by atoms with Crippen molar-refractivity contribution in [1.82, 2.24) is 10.6 Å². The Morgan fingerprint density at radius 3 is 2.07 bits per heavy atom. The molecule has 0 spiro atoms. The number of hydrogen-bond acceptors (Lipinski definition) is 4. The lowest BCUT2D eigenvalue weighted by atomic mass is 9.98. The van der Waals surface area contributed by atoms with E-state index in [4.69, 9.17) is 16.0 Å². The van der Waals surface area contributed by atoms with Gasteiger partial charge in [0.25, 0.3) is 11.8 Å². The SMILES string of the molecule is O=C(NCCNC(=O)c1ccccc1C(=O)c1ccc(Cl)cc1)c1ccco1. The van der Waals surface area contributed by atoms with E-state index in [2.05, 4.69) is 10.6 Å². The minimum absolute atomic E-state index is 0.199. The molecule has 142 valence electrons. The van der Waals surface area contributed by atoms with Gasteiger partial charge >= 0.3 is 0 Å². The maximum absolute atomic E-state index is 12.7. The largest absolute Gasteiger partial charge is 0.459 e.